The molecule has 0 radical (unpaired) electrons. The first kappa shape index (κ1) is 15.3. The van der Waals surface area contributed by atoms with Gasteiger partial charge in [-0.2, -0.15) is 0 Å². The number of benzene rings is 1. The van der Waals surface area contributed by atoms with Gasteiger partial charge < -0.3 is 9.64 Å². The Kier molecular flexibility index (Phi) is 4.30. The lowest BCUT2D eigenvalue weighted by Crippen LogP contribution is -2.40. The summed E-state index contributed by atoms with van der Waals surface area (Å²) in [6.45, 7) is 3.51. The predicted molar refractivity (Wildman–Crippen MR) is 93.3 cm³/mol. The number of fused-ring (bicyclic) bond motifs is 1. The van der Waals surface area contributed by atoms with Crippen molar-refractivity contribution in [2.75, 3.05) is 26.2 Å². The Morgan fingerprint density at radius 1 is 1.12 bits per heavy atom. The molecule has 2 aliphatic rings. The molecule has 0 spiro atoms. The molecule has 1 fully saturated rings. The standard InChI is InChI=1S/C20H22N2O2/c23-20-16(13-22-10-4-1-5-11-22)14-24-19-8-7-15(12-17(19)20)18-6-2-3-9-21-18/h2-3,6-9,12,16H,1,4-5,10-11,13-14H2. The zero-order chi connectivity index (χ0) is 16.4. The summed E-state index contributed by atoms with van der Waals surface area (Å²) in [6.07, 6.45) is 5.55. The average molecular weight is 322 g/mol. The number of nitrogens with zero attached hydrogens (tertiary/aromatic N) is 2. The molecule has 1 unspecified atom stereocenters. The third-order valence-electron chi connectivity index (χ3n) is 4.94. The number of likely N-dealkylation sites (tertiary alicyclic amines) is 1. The fraction of sp³-hybridized carbons (Fsp3) is 0.400. The van der Waals surface area contributed by atoms with Crippen LogP contribution in [0.3, 0.4) is 0 Å². The second-order valence-electron chi connectivity index (χ2n) is 6.66. The molecule has 4 heteroatoms. The van der Waals surface area contributed by atoms with Gasteiger partial charge in [-0.05, 0) is 56.3 Å². The van der Waals surface area contributed by atoms with Crippen molar-refractivity contribution in [1.29, 1.82) is 0 Å². The highest BCUT2D eigenvalue weighted by atomic mass is 16.5. The number of ether oxygens (including phenoxy) is 1. The topological polar surface area (TPSA) is 42.4 Å². The highest BCUT2D eigenvalue weighted by molar-refractivity contribution is 6.02. The molecule has 4 rings (SSSR count). The van der Waals surface area contributed by atoms with Gasteiger partial charge in [-0.1, -0.05) is 12.5 Å². The first-order valence-corrected chi connectivity index (χ1v) is 8.76. The van der Waals surface area contributed by atoms with Gasteiger partial charge in [0, 0.05) is 18.3 Å². The quantitative estimate of drug-likeness (QED) is 0.868. The molecular weight excluding hydrogens is 300 g/mol. The van der Waals surface area contributed by atoms with Gasteiger partial charge in [0.05, 0.1) is 23.8 Å². The second-order valence-corrected chi connectivity index (χ2v) is 6.66. The number of pyridine rings is 1. The van der Waals surface area contributed by atoms with Gasteiger partial charge in [0.1, 0.15) is 5.75 Å². The van der Waals surface area contributed by atoms with Crippen LogP contribution < -0.4 is 4.74 Å². The Morgan fingerprint density at radius 2 is 2.00 bits per heavy atom. The van der Waals surface area contributed by atoms with E-state index in [0.717, 1.165) is 30.9 Å². The van der Waals surface area contributed by atoms with Crippen LogP contribution in [0.2, 0.25) is 0 Å². The lowest BCUT2D eigenvalue weighted by atomic mass is 9.92. The van der Waals surface area contributed by atoms with Gasteiger partial charge in [-0.15, -0.1) is 0 Å². The van der Waals surface area contributed by atoms with Crippen LogP contribution in [0, 0.1) is 5.92 Å². The maximum absolute atomic E-state index is 12.9. The molecule has 0 saturated carbocycles. The molecular formula is C20H22N2O2. The van der Waals surface area contributed by atoms with E-state index in [1.807, 2.05) is 36.4 Å². The summed E-state index contributed by atoms with van der Waals surface area (Å²) in [6, 6.07) is 11.6. The number of rotatable bonds is 3. The Hall–Kier alpha value is -2.20. The van der Waals surface area contributed by atoms with E-state index < -0.39 is 0 Å². The zero-order valence-electron chi connectivity index (χ0n) is 13.8. The van der Waals surface area contributed by atoms with E-state index in [1.54, 1.807) is 6.20 Å². The van der Waals surface area contributed by atoms with Gasteiger partial charge in [0.2, 0.25) is 0 Å². The molecule has 3 heterocycles. The fourth-order valence-corrected chi connectivity index (χ4v) is 3.62. The van der Waals surface area contributed by atoms with Gasteiger partial charge in [-0.25, -0.2) is 0 Å². The van der Waals surface area contributed by atoms with Gasteiger partial charge >= 0.3 is 0 Å². The summed E-state index contributed by atoms with van der Waals surface area (Å²) in [5, 5.41) is 0. The van der Waals surface area contributed by atoms with Crippen LogP contribution in [-0.4, -0.2) is 41.9 Å². The average Bonchev–Trinajstić information content (AvgIpc) is 2.65. The third-order valence-corrected chi connectivity index (χ3v) is 4.94. The van der Waals surface area contributed by atoms with Crippen LogP contribution in [0.15, 0.2) is 42.6 Å². The van der Waals surface area contributed by atoms with Crippen molar-refractivity contribution in [2.45, 2.75) is 19.3 Å². The summed E-state index contributed by atoms with van der Waals surface area (Å²) < 4.78 is 5.87. The maximum atomic E-state index is 12.9. The van der Waals surface area contributed by atoms with E-state index in [4.69, 9.17) is 4.74 Å². The molecule has 124 valence electrons. The number of hydrogen-bond donors (Lipinski definition) is 0. The maximum Gasteiger partial charge on any atom is 0.174 e. The molecule has 1 aromatic carbocycles. The summed E-state index contributed by atoms with van der Waals surface area (Å²) in [7, 11) is 0. The summed E-state index contributed by atoms with van der Waals surface area (Å²) >= 11 is 0. The Labute approximate surface area is 142 Å². The molecule has 24 heavy (non-hydrogen) atoms. The van der Waals surface area contributed by atoms with E-state index in [0.29, 0.717) is 17.9 Å². The minimum atomic E-state index is -0.0606. The third kappa shape index (κ3) is 3.06. The van der Waals surface area contributed by atoms with Crippen LogP contribution in [0.1, 0.15) is 29.6 Å². The number of Topliss-reactive ketones (excluding diaryl/α,β-unsaturated/α-hetero) is 1. The predicted octanol–water partition coefficient (Wildman–Crippen LogP) is 3.43. The van der Waals surface area contributed by atoms with Crippen molar-refractivity contribution in [3.8, 4) is 17.0 Å². The molecule has 0 N–H and O–H groups in total. The smallest absolute Gasteiger partial charge is 0.174 e. The SMILES string of the molecule is O=C1c2cc(-c3ccccn3)ccc2OCC1CN1CCCCC1. The Balaban J connectivity index is 1.56. The van der Waals surface area contributed by atoms with Crippen LogP contribution in [0.4, 0.5) is 0 Å². The summed E-state index contributed by atoms with van der Waals surface area (Å²) in [5.74, 6) is 0.851. The summed E-state index contributed by atoms with van der Waals surface area (Å²) in [5.41, 5.74) is 2.54. The number of carbonyl (C=O) groups excluding carboxylic acids is 1. The number of ketones is 1. The van der Waals surface area contributed by atoms with Crippen molar-refractivity contribution >= 4 is 5.78 Å². The van der Waals surface area contributed by atoms with E-state index in [-0.39, 0.29) is 11.7 Å². The van der Waals surface area contributed by atoms with Gasteiger partial charge in [0.25, 0.3) is 0 Å². The van der Waals surface area contributed by atoms with E-state index in [1.165, 1.54) is 19.3 Å². The molecule has 0 amide bonds. The second kappa shape index (κ2) is 6.73. The number of piperidine rings is 1. The number of aromatic nitrogens is 1. The Morgan fingerprint density at radius 3 is 2.79 bits per heavy atom. The molecule has 2 aliphatic heterocycles. The fourth-order valence-electron chi connectivity index (χ4n) is 3.62. The normalized spacial score (nSPS) is 21.2. The van der Waals surface area contributed by atoms with Crippen molar-refractivity contribution in [3.05, 3.63) is 48.2 Å². The van der Waals surface area contributed by atoms with Crippen molar-refractivity contribution in [2.24, 2.45) is 5.92 Å². The Bertz CT molecular complexity index is 724. The van der Waals surface area contributed by atoms with Crippen LogP contribution in [-0.2, 0) is 0 Å². The summed E-state index contributed by atoms with van der Waals surface area (Å²) in [4.78, 5) is 19.7. The monoisotopic (exact) mass is 322 g/mol. The van der Waals surface area contributed by atoms with E-state index >= 15 is 0 Å². The minimum absolute atomic E-state index is 0.0606. The molecule has 0 aliphatic carbocycles. The zero-order valence-corrected chi connectivity index (χ0v) is 13.8. The van der Waals surface area contributed by atoms with Gasteiger partial charge in [0.15, 0.2) is 5.78 Å². The van der Waals surface area contributed by atoms with Crippen LogP contribution in [0.25, 0.3) is 11.3 Å². The minimum Gasteiger partial charge on any atom is -0.492 e. The molecule has 2 aromatic rings. The van der Waals surface area contributed by atoms with Crippen molar-refractivity contribution in [1.82, 2.24) is 9.88 Å². The molecule has 4 nitrogen and oxygen atoms in total. The molecule has 1 aromatic heterocycles. The van der Waals surface area contributed by atoms with Gasteiger partial charge in [-0.3, -0.25) is 9.78 Å². The van der Waals surface area contributed by atoms with E-state index in [9.17, 15) is 4.79 Å². The van der Waals surface area contributed by atoms with E-state index in [2.05, 4.69) is 9.88 Å². The van der Waals surface area contributed by atoms with Crippen LogP contribution in [0.5, 0.6) is 5.75 Å². The largest absolute Gasteiger partial charge is 0.492 e. The molecule has 1 atom stereocenters. The number of carbonyl (C=O) groups is 1. The lowest BCUT2D eigenvalue weighted by molar-refractivity contribution is 0.0752. The first-order chi connectivity index (χ1) is 11.8. The highest BCUT2D eigenvalue weighted by Crippen LogP contribution is 2.31. The first-order valence-electron chi connectivity index (χ1n) is 8.76. The highest BCUT2D eigenvalue weighted by Gasteiger charge is 2.31. The molecule has 0 bridgehead atoms. The van der Waals surface area contributed by atoms with Crippen LogP contribution >= 0.6 is 0 Å². The van der Waals surface area contributed by atoms with Crippen molar-refractivity contribution in [3.63, 3.8) is 0 Å². The number of hydrogen-bond acceptors (Lipinski definition) is 4. The lowest BCUT2D eigenvalue weighted by Gasteiger charge is -2.32. The molecule has 1 saturated heterocycles. The van der Waals surface area contributed by atoms with Crippen molar-refractivity contribution < 1.29 is 9.53 Å².